The van der Waals surface area contributed by atoms with Crippen molar-refractivity contribution in [3.05, 3.63) is 0 Å². The van der Waals surface area contributed by atoms with Crippen molar-refractivity contribution in [2.45, 2.75) is 175 Å². The number of aliphatic hydroxyl groups is 1. The van der Waals surface area contributed by atoms with Gasteiger partial charge in [-0.15, -0.1) is 12.4 Å². The third kappa shape index (κ3) is 77.6. The highest BCUT2D eigenvalue weighted by molar-refractivity contribution is 5.85. The van der Waals surface area contributed by atoms with Gasteiger partial charge < -0.3 is 54.8 Å². The van der Waals surface area contributed by atoms with Gasteiger partial charge in [-0.1, -0.05) is 91.4 Å². The number of esters is 2. The van der Waals surface area contributed by atoms with Gasteiger partial charge in [0, 0.05) is 25.9 Å². The molecule has 49 heavy (non-hydrogen) atoms. The minimum Gasteiger partial charge on any atom is -1.00 e. The number of quaternary nitrogens is 1. The fraction of sp³-hybridized carbons (Fsp3) is 0.917. The van der Waals surface area contributed by atoms with Crippen LogP contribution in [0.4, 0.5) is 0 Å². The Kier molecular flexibility index (Phi) is 79.5. The molecule has 0 unspecified atom stereocenters. The molecule has 0 atom stereocenters. The zero-order chi connectivity index (χ0) is 35.4. The van der Waals surface area contributed by atoms with E-state index in [0.29, 0.717) is 45.8 Å². The van der Waals surface area contributed by atoms with Crippen molar-refractivity contribution in [3.8, 4) is 0 Å². The Morgan fingerprint density at radius 2 is 0.918 bits per heavy atom. The number of carbonyl (C=O) groups excluding carboxylic acids is 2. The van der Waals surface area contributed by atoms with E-state index in [1.807, 2.05) is 13.8 Å². The number of rotatable bonds is 29. The largest absolute Gasteiger partial charge is 1.00 e. The van der Waals surface area contributed by atoms with E-state index in [2.05, 4.69) is 12.7 Å². The summed E-state index contributed by atoms with van der Waals surface area (Å²) in [5, 5.41) is 16.1. The van der Waals surface area contributed by atoms with Crippen LogP contribution in [0.3, 0.4) is 0 Å². The van der Waals surface area contributed by atoms with Crippen molar-refractivity contribution in [3.63, 3.8) is 0 Å². The number of aliphatic hydroxyl groups excluding tert-OH is 1. The molecule has 0 aromatic heterocycles. The lowest BCUT2D eigenvalue weighted by molar-refractivity contribution is -0.368. The molecule has 0 heterocycles. The van der Waals surface area contributed by atoms with Crippen LogP contribution in [0, 0.1) is 0 Å². The van der Waals surface area contributed by atoms with Crippen molar-refractivity contribution >= 4 is 30.3 Å². The summed E-state index contributed by atoms with van der Waals surface area (Å²) >= 11 is 0. The molecule has 0 rings (SSSR count). The monoisotopic (exact) mass is 754 g/mol. The molecule has 0 fully saturated rings. The zero-order valence-corrected chi connectivity index (χ0v) is 33.4. The SMILES string of the molecule is CCCCCCCCCCCCOC(=O)CCCCC[NH3+].CCCO.CCCOC(=O)CCCCCN.Cl.NCCCCCC(=O)O.O.[Cl-]. The molecule has 0 saturated carbocycles. The van der Waals surface area contributed by atoms with Crippen molar-refractivity contribution in [1.82, 2.24) is 0 Å². The highest BCUT2D eigenvalue weighted by Gasteiger charge is 2.02. The molecule has 302 valence electrons. The van der Waals surface area contributed by atoms with Gasteiger partial charge in [-0.3, -0.25) is 14.4 Å². The van der Waals surface area contributed by atoms with Crippen LogP contribution < -0.4 is 29.6 Å². The predicted molar refractivity (Wildman–Crippen MR) is 201 cm³/mol. The third-order valence-corrected chi connectivity index (χ3v) is 6.76. The molecule has 0 aromatic rings. The lowest BCUT2D eigenvalue weighted by atomic mass is 10.1. The van der Waals surface area contributed by atoms with Gasteiger partial charge in [0.1, 0.15) is 0 Å². The van der Waals surface area contributed by atoms with Gasteiger partial charge in [0.25, 0.3) is 0 Å². The van der Waals surface area contributed by atoms with Crippen molar-refractivity contribution in [1.29, 1.82) is 0 Å². The van der Waals surface area contributed by atoms with Crippen molar-refractivity contribution in [2.24, 2.45) is 11.5 Å². The predicted octanol–water partition coefficient (Wildman–Crippen LogP) is 3.29. The number of ether oxygens (including phenoxy) is 2. The number of halogens is 2. The van der Waals surface area contributed by atoms with Crippen LogP contribution in [-0.4, -0.2) is 73.1 Å². The Bertz CT molecular complexity index is 609. The fourth-order valence-corrected chi connectivity index (χ4v) is 3.95. The van der Waals surface area contributed by atoms with Gasteiger partial charge in [0.05, 0.1) is 19.8 Å². The molecule has 0 aliphatic carbocycles. The first-order valence-electron chi connectivity index (χ1n) is 18.6. The van der Waals surface area contributed by atoms with E-state index in [1.165, 1.54) is 57.8 Å². The number of nitrogens with two attached hydrogens (primary N) is 2. The third-order valence-electron chi connectivity index (χ3n) is 6.76. The standard InChI is InChI=1S/C18H37NO2.C9H19NO2.C6H13NO2.C3H8O.2ClH.H2O/c1-2-3-4-5-6-7-8-9-10-14-17-21-18(20)15-12-11-13-16-19;1-2-8-12-9(11)6-4-3-5-7-10;7-5-3-1-2-4-6(8)9;1-2-3-4;;;/h2-17,19H2,1H3;2-8,10H2,1H3;1-5,7H2,(H,8,9);4H,2-3H2,1H3;2*1H;1H2. The molecule has 0 aromatic carbocycles. The number of carbonyl (C=O) groups is 3. The Morgan fingerprint density at radius 3 is 1.29 bits per heavy atom. The summed E-state index contributed by atoms with van der Waals surface area (Å²) in [4.78, 5) is 32.3. The highest BCUT2D eigenvalue weighted by Crippen LogP contribution is 2.10. The molecule has 0 spiro atoms. The summed E-state index contributed by atoms with van der Waals surface area (Å²) in [7, 11) is 0. The quantitative estimate of drug-likeness (QED) is 0.0558. The highest BCUT2D eigenvalue weighted by atomic mass is 35.5. The van der Waals surface area contributed by atoms with E-state index < -0.39 is 5.97 Å². The van der Waals surface area contributed by atoms with E-state index in [-0.39, 0.29) is 48.6 Å². The molecule has 0 amide bonds. The van der Waals surface area contributed by atoms with E-state index in [1.54, 1.807) is 0 Å². The van der Waals surface area contributed by atoms with E-state index in [0.717, 1.165) is 83.6 Å². The molecular weight excluding hydrogens is 673 g/mol. The molecule has 0 aliphatic rings. The Hall–Kier alpha value is -1.21. The van der Waals surface area contributed by atoms with Crippen LogP contribution in [0.5, 0.6) is 0 Å². The number of aliphatic carboxylic acids is 1. The van der Waals surface area contributed by atoms with Gasteiger partial charge in [0.2, 0.25) is 0 Å². The van der Waals surface area contributed by atoms with Crippen LogP contribution in [0.15, 0.2) is 0 Å². The molecule has 0 aliphatic heterocycles. The lowest BCUT2D eigenvalue weighted by Crippen LogP contribution is -3.00. The maximum absolute atomic E-state index is 11.4. The maximum Gasteiger partial charge on any atom is 0.305 e. The minimum absolute atomic E-state index is 0. The summed E-state index contributed by atoms with van der Waals surface area (Å²) in [6, 6.07) is 0. The summed E-state index contributed by atoms with van der Waals surface area (Å²) in [6.45, 7) is 10.0. The van der Waals surface area contributed by atoms with Crippen molar-refractivity contribution < 1.29 is 57.7 Å². The fourth-order valence-electron chi connectivity index (χ4n) is 3.95. The Morgan fingerprint density at radius 1 is 0.551 bits per heavy atom. The topological polar surface area (TPSA) is 221 Å². The lowest BCUT2D eigenvalue weighted by Gasteiger charge is -2.05. The minimum atomic E-state index is -0.716. The van der Waals surface area contributed by atoms with Crippen LogP contribution in [0.2, 0.25) is 0 Å². The molecule has 0 radical (unpaired) electrons. The number of hydrogen-bond donors (Lipinski definition) is 5. The first-order valence-corrected chi connectivity index (χ1v) is 18.6. The van der Waals surface area contributed by atoms with Gasteiger partial charge in [-0.05, 0) is 77.3 Å². The number of hydrogen-bond acceptors (Lipinski definition) is 8. The van der Waals surface area contributed by atoms with Crippen molar-refractivity contribution in [2.75, 3.05) is 39.5 Å². The van der Waals surface area contributed by atoms with Crippen LogP contribution in [0.1, 0.15) is 175 Å². The zero-order valence-electron chi connectivity index (χ0n) is 31.8. The molecule has 0 saturated heterocycles. The molecule has 0 bridgehead atoms. The van der Waals surface area contributed by atoms with Gasteiger partial charge in [0.15, 0.2) is 0 Å². The average Bonchev–Trinajstić information content (AvgIpc) is 3.05. The van der Waals surface area contributed by atoms with Crippen LogP contribution in [-0.2, 0) is 23.9 Å². The smallest absolute Gasteiger partial charge is 0.305 e. The molecule has 13 heteroatoms. The first kappa shape index (κ1) is 62.9. The van der Waals surface area contributed by atoms with Gasteiger partial charge in [-0.2, -0.15) is 0 Å². The maximum atomic E-state index is 11.4. The van der Waals surface area contributed by atoms with Gasteiger partial charge >= 0.3 is 17.9 Å². The second-order valence-electron chi connectivity index (χ2n) is 11.6. The second kappa shape index (κ2) is 62.0. The summed E-state index contributed by atoms with van der Waals surface area (Å²) in [6.07, 6.45) is 25.0. The second-order valence-corrected chi connectivity index (χ2v) is 11.6. The number of carboxylic acids is 1. The van der Waals surface area contributed by atoms with E-state index in [4.69, 9.17) is 31.2 Å². The number of unbranched alkanes of at least 4 members (excludes halogenated alkanes) is 15. The summed E-state index contributed by atoms with van der Waals surface area (Å²) in [5.74, 6) is -0.809. The normalized spacial score (nSPS) is 9.37. The first-order chi connectivity index (χ1) is 22.3. The molecule has 11 N–H and O–H groups in total. The summed E-state index contributed by atoms with van der Waals surface area (Å²) < 4.78 is 10.1. The number of carboxylic acid groups (broad SMARTS) is 1. The van der Waals surface area contributed by atoms with Crippen LogP contribution >= 0.6 is 12.4 Å². The van der Waals surface area contributed by atoms with Gasteiger partial charge in [-0.25, -0.2) is 0 Å². The molecular formula is C36H81Cl2N3O8. The van der Waals surface area contributed by atoms with E-state index >= 15 is 0 Å². The van der Waals surface area contributed by atoms with E-state index in [9.17, 15) is 14.4 Å². The Balaban J connectivity index is -0.000000107. The summed E-state index contributed by atoms with van der Waals surface area (Å²) in [5.41, 5.74) is 14.3. The molecule has 11 nitrogen and oxygen atoms in total. The average molecular weight is 755 g/mol. The Labute approximate surface area is 313 Å². The van der Waals surface area contributed by atoms with Crippen LogP contribution in [0.25, 0.3) is 0 Å².